The van der Waals surface area contributed by atoms with Crippen LogP contribution in [0.1, 0.15) is 15.4 Å². The lowest BCUT2D eigenvalue weighted by Crippen LogP contribution is -2.20. The number of aromatic nitrogens is 3. The third kappa shape index (κ3) is 5.51. The van der Waals surface area contributed by atoms with E-state index in [1.807, 2.05) is 0 Å². The molecule has 0 spiro atoms. The molecule has 1 aromatic carbocycles. The summed E-state index contributed by atoms with van der Waals surface area (Å²) in [5, 5.41) is 2.95. The summed E-state index contributed by atoms with van der Waals surface area (Å²) >= 11 is 1.07. The first-order valence-corrected chi connectivity index (χ1v) is 9.00. The molecule has 0 saturated heterocycles. The maximum Gasteiger partial charge on any atom is 0.387 e. The van der Waals surface area contributed by atoms with Crippen molar-refractivity contribution in [3.63, 3.8) is 0 Å². The van der Waals surface area contributed by atoms with E-state index in [0.29, 0.717) is 22.2 Å². The average molecular weight is 420 g/mol. The van der Waals surface area contributed by atoms with Crippen molar-refractivity contribution in [2.45, 2.75) is 13.5 Å². The Morgan fingerprint density at radius 2 is 1.86 bits per heavy atom. The van der Waals surface area contributed by atoms with Crippen molar-refractivity contribution in [2.75, 3.05) is 11.9 Å². The number of anilines is 1. The van der Waals surface area contributed by atoms with Crippen LogP contribution in [0.2, 0.25) is 0 Å². The van der Waals surface area contributed by atoms with E-state index < -0.39 is 25.1 Å². The van der Waals surface area contributed by atoms with Gasteiger partial charge in [-0.3, -0.25) is 4.79 Å². The van der Waals surface area contributed by atoms with Gasteiger partial charge >= 0.3 is 12.6 Å². The van der Waals surface area contributed by atoms with Crippen molar-refractivity contribution in [1.82, 2.24) is 15.0 Å². The minimum atomic E-state index is -2.93. The Bertz CT molecular complexity index is 997. The summed E-state index contributed by atoms with van der Waals surface area (Å²) in [6.45, 7) is -1.82. The quantitative estimate of drug-likeness (QED) is 0.585. The fourth-order valence-corrected chi connectivity index (χ4v) is 3.11. The summed E-state index contributed by atoms with van der Waals surface area (Å²) in [6.07, 6.45) is 3.13. The highest BCUT2D eigenvalue weighted by molar-refractivity contribution is 7.16. The normalized spacial score (nSPS) is 10.6. The summed E-state index contributed by atoms with van der Waals surface area (Å²) in [5.41, 5.74) is 0.780. The molecule has 29 heavy (non-hydrogen) atoms. The molecule has 0 bridgehead atoms. The first-order chi connectivity index (χ1) is 13.9. The van der Waals surface area contributed by atoms with E-state index >= 15 is 0 Å². The Kier molecular flexibility index (Phi) is 6.39. The van der Waals surface area contributed by atoms with E-state index in [4.69, 9.17) is 4.74 Å². The number of hydrogen-bond acceptors (Lipinski definition) is 8. The third-order valence-corrected chi connectivity index (χ3v) is 4.57. The fourth-order valence-electron chi connectivity index (χ4n) is 2.20. The van der Waals surface area contributed by atoms with Crippen molar-refractivity contribution in [3.8, 4) is 16.6 Å². The summed E-state index contributed by atoms with van der Waals surface area (Å²) in [5.74, 6) is -0.937. The highest BCUT2D eigenvalue weighted by Gasteiger charge is 2.19. The lowest BCUT2D eigenvalue weighted by Gasteiger charge is -2.08. The van der Waals surface area contributed by atoms with Gasteiger partial charge in [0.15, 0.2) is 17.4 Å². The Morgan fingerprint density at radius 3 is 2.52 bits per heavy atom. The van der Waals surface area contributed by atoms with Gasteiger partial charge in [0.25, 0.3) is 5.91 Å². The van der Waals surface area contributed by atoms with Crippen LogP contribution in [0.15, 0.2) is 42.7 Å². The minimum Gasteiger partial charge on any atom is -0.451 e. The minimum absolute atomic E-state index is 0.0386. The molecule has 0 aliphatic heterocycles. The Balaban J connectivity index is 1.55. The van der Waals surface area contributed by atoms with Crippen LogP contribution >= 0.6 is 11.3 Å². The van der Waals surface area contributed by atoms with Crippen molar-refractivity contribution < 1.29 is 27.8 Å². The van der Waals surface area contributed by atoms with E-state index in [9.17, 15) is 18.4 Å². The standard InChI is InChI=1S/C18H14F2N4O4S/c1-10-14(29-16(23-10)15-21-7-2-8-22-15)17(26)27-9-13(25)24-11-3-5-12(6-4-11)28-18(19)20/h2-8,18H,9H2,1H3,(H,24,25). The molecular weight excluding hydrogens is 406 g/mol. The number of hydrogen-bond donors (Lipinski definition) is 1. The molecule has 150 valence electrons. The van der Waals surface area contributed by atoms with Gasteiger partial charge in [-0.2, -0.15) is 8.78 Å². The van der Waals surface area contributed by atoms with E-state index in [-0.39, 0.29) is 10.6 Å². The van der Waals surface area contributed by atoms with E-state index in [1.54, 1.807) is 25.4 Å². The number of ether oxygens (including phenoxy) is 2. The largest absolute Gasteiger partial charge is 0.451 e. The van der Waals surface area contributed by atoms with Crippen LogP contribution < -0.4 is 10.1 Å². The van der Waals surface area contributed by atoms with Crippen LogP contribution in [0.25, 0.3) is 10.8 Å². The zero-order valence-electron chi connectivity index (χ0n) is 15.0. The lowest BCUT2D eigenvalue weighted by atomic mass is 10.3. The number of halogens is 2. The Labute approximate surface area is 167 Å². The second-order valence-electron chi connectivity index (χ2n) is 5.53. The fraction of sp³-hybridized carbons (Fsp3) is 0.167. The molecule has 0 aliphatic rings. The summed E-state index contributed by atoms with van der Waals surface area (Å²) in [6, 6.07) is 6.99. The number of carbonyl (C=O) groups is 2. The zero-order valence-corrected chi connectivity index (χ0v) is 15.8. The van der Waals surface area contributed by atoms with Gasteiger partial charge in [-0.25, -0.2) is 19.7 Å². The first kappa shape index (κ1) is 20.3. The predicted molar refractivity (Wildman–Crippen MR) is 99.9 cm³/mol. The molecule has 2 heterocycles. The van der Waals surface area contributed by atoms with Crippen LogP contribution in [0.5, 0.6) is 5.75 Å². The molecule has 11 heteroatoms. The first-order valence-electron chi connectivity index (χ1n) is 8.19. The number of amides is 1. The maximum atomic E-state index is 12.3. The van der Waals surface area contributed by atoms with Crippen molar-refractivity contribution >= 4 is 28.9 Å². The maximum absolute atomic E-state index is 12.3. The summed E-state index contributed by atoms with van der Waals surface area (Å²) < 4.78 is 33.5. The molecule has 8 nitrogen and oxygen atoms in total. The smallest absolute Gasteiger partial charge is 0.387 e. The number of rotatable bonds is 7. The number of esters is 1. The Hall–Kier alpha value is -3.47. The number of alkyl halides is 2. The molecule has 0 saturated carbocycles. The van der Waals surface area contributed by atoms with Gasteiger partial charge in [0.2, 0.25) is 0 Å². The Morgan fingerprint density at radius 1 is 1.17 bits per heavy atom. The molecule has 1 N–H and O–H groups in total. The van der Waals surface area contributed by atoms with Crippen LogP contribution in [0, 0.1) is 6.92 Å². The molecule has 0 unspecified atom stereocenters. The molecule has 0 fully saturated rings. The van der Waals surface area contributed by atoms with Gasteiger partial charge in [-0.1, -0.05) is 0 Å². The lowest BCUT2D eigenvalue weighted by molar-refractivity contribution is -0.119. The van der Waals surface area contributed by atoms with Crippen molar-refractivity contribution in [1.29, 1.82) is 0 Å². The molecule has 0 radical (unpaired) electrons. The third-order valence-electron chi connectivity index (χ3n) is 3.44. The predicted octanol–water partition coefficient (Wildman–Crippen LogP) is 3.31. The van der Waals surface area contributed by atoms with E-state index in [2.05, 4.69) is 25.0 Å². The monoisotopic (exact) mass is 420 g/mol. The molecule has 3 rings (SSSR count). The van der Waals surface area contributed by atoms with Crippen LogP contribution in [-0.4, -0.2) is 40.0 Å². The van der Waals surface area contributed by atoms with Gasteiger partial charge in [0, 0.05) is 18.1 Å². The molecular formula is C18H14F2N4O4S. The van der Waals surface area contributed by atoms with Gasteiger partial charge in [0.05, 0.1) is 5.69 Å². The van der Waals surface area contributed by atoms with Gasteiger partial charge in [-0.15, -0.1) is 11.3 Å². The number of thiazole rings is 1. The van der Waals surface area contributed by atoms with E-state index in [1.165, 1.54) is 24.3 Å². The van der Waals surface area contributed by atoms with E-state index in [0.717, 1.165) is 11.3 Å². The molecule has 3 aromatic rings. The molecule has 0 atom stereocenters. The van der Waals surface area contributed by atoms with Gasteiger partial charge < -0.3 is 14.8 Å². The summed E-state index contributed by atoms with van der Waals surface area (Å²) in [7, 11) is 0. The molecule has 2 aromatic heterocycles. The number of carbonyl (C=O) groups excluding carboxylic acids is 2. The van der Waals surface area contributed by atoms with Crippen molar-refractivity contribution in [3.05, 3.63) is 53.3 Å². The summed E-state index contributed by atoms with van der Waals surface area (Å²) in [4.78, 5) is 36.9. The highest BCUT2D eigenvalue weighted by atomic mass is 32.1. The number of nitrogens with zero attached hydrogens (tertiary/aromatic N) is 3. The topological polar surface area (TPSA) is 103 Å². The molecule has 1 amide bonds. The van der Waals surface area contributed by atoms with Crippen LogP contribution in [0.4, 0.5) is 14.5 Å². The van der Waals surface area contributed by atoms with Gasteiger partial charge in [0.1, 0.15) is 10.6 Å². The second kappa shape index (κ2) is 9.15. The number of nitrogens with one attached hydrogen (secondary N) is 1. The second-order valence-corrected chi connectivity index (χ2v) is 6.53. The van der Waals surface area contributed by atoms with Crippen LogP contribution in [0.3, 0.4) is 0 Å². The van der Waals surface area contributed by atoms with Crippen molar-refractivity contribution in [2.24, 2.45) is 0 Å². The highest BCUT2D eigenvalue weighted by Crippen LogP contribution is 2.25. The van der Waals surface area contributed by atoms with Crippen LogP contribution in [-0.2, 0) is 9.53 Å². The SMILES string of the molecule is Cc1nc(-c2ncccn2)sc1C(=O)OCC(=O)Nc1ccc(OC(F)F)cc1. The number of benzene rings is 1. The molecule has 0 aliphatic carbocycles. The average Bonchev–Trinajstić information content (AvgIpc) is 3.10. The van der Waals surface area contributed by atoms with Gasteiger partial charge in [-0.05, 0) is 37.3 Å². The number of aryl methyl sites for hydroxylation is 1. The zero-order chi connectivity index (χ0) is 20.8.